The van der Waals surface area contributed by atoms with Crippen LogP contribution < -0.4 is 5.32 Å². The van der Waals surface area contributed by atoms with E-state index in [4.69, 9.17) is 11.6 Å². The fourth-order valence-electron chi connectivity index (χ4n) is 3.52. The molecule has 5 nitrogen and oxygen atoms in total. The van der Waals surface area contributed by atoms with Crippen LogP contribution in [0.4, 0.5) is 0 Å². The topological polar surface area (TPSA) is 62.3 Å². The van der Waals surface area contributed by atoms with Gasteiger partial charge in [0.2, 0.25) is 10.0 Å². The summed E-state index contributed by atoms with van der Waals surface area (Å²) in [6.07, 6.45) is 3.13. The third-order valence-corrected chi connectivity index (χ3v) is 6.83. The number of nitrogens with one attached hydrogen (secondary N) is 1. The predicted molar refractivity (Wildman–Crippen MR) is 85.4 cm³/mol. The molecule has 7 heteroatoms. The Hall–Kier alpha value is -1.21. The number of aromatic nitrogens is 1. The van der Waals surface area contributed by atoms with Gasteiger partial charge in [-0.3, -0.25) is 4.98 Å². The van der Waals surface area contributed by atoms with Crippen LogP contribution in [-0.2, 0) is 10.0 Å². The number of fused-ring (bicyclic) bond motifs is 2. The van der Waals surface area contributed by atoms with Crippen molar-refractivity contribution in [1.82, 2.24) is 14.6 Å². The maximum absolute atomic E-state index is 13.1. The van der Waals surface area contributed by atoms with Crippen LogP contribution in [0, 0.1) is 11.8 Å². The molecule has 22 heavy (non-hydrogen) atoms. The van der Waals surface area contributed by atoms with E-state index in [1.54, 1.807) is 22.6 Å². The van der Waals surface area contributed by atoms with Crippen molar-refractivity contribution < 1.29 is 8.42 Å². The summed E-state index contributed by atoms with van der Waals surface area (Å²) in [5.41, 5.74) is 0. The lowest BCUT2D eigenvalue weighted by Gasteiger charge is -2.19. The Bertz CT molecular complexity index is 823. The van der Waals surface area contributed by atoms with Crippen molar-refractivity contribution in [3.05, 3.63) is 35.6 Å². The van der Waals surface area contributed by atoms with Gasteiger partial charge in [-0.15, -0.1) is 0 Å². The molecular weight excluding hydrogens is 322 g/mol. The molecule has 0 unspecified atom stereocenters. The van der Waals surface area contributed by atoms with Gasteiger partial charge in [-0.05, 0) is 31.0 Å². The van der Waals surface area contributed by atoms with Gasteiger partial charge in [-0.25, -0.2) is 8.42 Å². The van der Waals surface area contributed by atoms with Gasteiger partial charge in [0.05, 0.1) is 9.92 Å². The fourth-order valence-corrected chi connectivity index (χ4v) is 5.63. The zero-order valence-electron chi connectivity index (χ0n) is 11.9. The summed E-state index contributed by atoms with van der Waals surface area (Å²) in [4.78, 5) is 4.31. The standard InChI is InChI=1S/C15H16ClN3O2S/c16-13-7-18-4-10-2-1-3-14(15(10)13)22(20,21)19-8-11-5-17-6-12(11)9-19/h1-4,7,11-12,17H,5-6,8-9H2/t11-,12+. The fraction of sp³-hybridized carbons (Fsp3) is 0.400. The lowest BCUT2D eigenvalue weighted by atomic mass is 10.0. The molecule has 0 amide bonds. The molecule has 0 saturated carbocycles. The zero-order valence-corrected chi connectivity index (χ0v) is 13.4. The minimum Gasteiger partial charge on any atom is -0.316 e. The van der Waals surface area contributed by atoms with Crippen LogP contribution in [0.3, 0.4) is 0 Å². The first-order chi connectivity index (χ1) is 10.6. The predicted octanol–water partition coefficient (Wildman–Crippen LogP) is 1.73. The molecule has 0 bridgehead atoms. The molecule has 2 aromatic rings. The number of nitrogens with zero attached hydrogens (tertiary/aromatic N) is 2. The van der Waals surface area contributed by atoms with Crippen LogP contribution in [0.1, 0.15) is 0 Å². The first-order valence-electron chi connectivity index (χ1n) is 7.30. The van der Waals surface area contributed by atoms with Crippen LogP contribution in [0.25, 0.3) is 10.8 Å². The summed E-state index contributed by atoms with van der Waals surface area (Å²) in [6, 6.07) is 5.21. The molecule has 1 N–H and O–H groups in total. The van der Waals surface area contributed by atoms with Gasteiger partial charge >= 0.3 is 0 Å². The van der Waals surface area contributed by atoms with Crippen LogP contribution in [0.15, 0.2) is 35.5 Å². The molecule has 0 spiro atoms. The van der Waals surface area contributed by atoms with E-state index in [0.717, 1.165) is 18.5 Å². The Kier molecular flexibility index (Phi) is 3.38. The van der Waals surface area contributed by atoms with E-state index in [2.05, 4.69) is 10.3 Å². The molecule has 1 aromatic carbocycles. The van der Waals surface area contributed by atoms with E-state index in [1.165, 1.54) is 6.20 Å². The number of pyridine rings is 1. The summed E-state index contributed by atoms with van der Waals surface area (Å²) in [6.45, 7) is 2.96. The highest BCUT2D eigenvalue weighted by Gasteiger charge is 2.41. The molecular formula is C15H16ClN3O2S. The van der Waals surface area contributed by atoms with Crippen LogP contribution in [-0.4, -0.2) is 43.9 Å². The highest BCUT2D eigenvalue weighted by Crippen LogP contribution is 2.35. The molecule has 3 heterocycles. The van der Waals surface area contributed by atoms with Crippen molar-refractivity contribution in [2.45, 2.75) is 4.90 Å². The molecule has 1 aromatic heterocycles. The SMILES string of the molecule is O=S(=O)(c1cccc2cncc(Cl)c12)N1C[C@H]2CNC[C@H]2C1. The van der Waals surface area contributed by atoms with Crippen LogP contribution in [0.5, 0.6) is 0 Å². The van der Waals surface area contributed by atoms with Gasteiger partial charge in [0.15, 0.2) is 0 Å². The van der Waals surface area contributed by atoms with Gasteiger partial charge in [-0.2, -0.15) is 4.31 Å². The number of halogens is 1. The normalized spacial score (nSPS) is 25.7. The molecule has 0 radical (unpaired) electrons. The highest BCUT2D eigenvalue weighted by molar-refractivity contribution is 7.89. The first-order valence-corrected chi connectivity index (χ1v) is 9.12. The molecule has 2 aliphatic heterocycles. The number of hydrogen-bond donors (Lipinski definition) is 1. The van der Waals surface area contributed by atoms with E-state index < -0.39 is 10.0 Å². The first kappa shape index (κ1) is 14.4. The Morgan fingerprint density at radius 3 is 2.64 bits per heavy atom. The summed E-state index contributed by atoms with van der Waals surface area (Å²) in [7, 11) is -3.54. The van der Waals surface area contributed by atoms with E-state index in [0.29, 0.717) is 35.3 Å². The lowest BCUT2D eigenvalue weighted by Crippen LogP contribution is -2.32. The average Bonchev–Trinajstić information content (AvgIpc) is 3.08. The Labute approximate surface area is 134 Å². The summed E-state index contributed by atoms with van der Waals surface area (Å²) in [5.74, 6) is 0.837. The lowest BCUT2D eigenvalue weighted by molar-refractivity contribution is 0.448. The summed E-state index contributed by atoms with van der Waals surface area (Å²) < 4.78 is 27.7. The average molecular weight is 338 g/mol. The van der Waals surface area contributed by atoms with Crippen molar-refractivity contribution in [1.29, 1.82) is 0 Å². The van der Waals surface area contributed by atoms with Crippen LogP contribution >= 0.6 is 11.6 Å². The zero-order chi connectivity index (χ0) is 15.3. The molecule has 116 valence electrons. The van der Waals surface area contributed by atoms with Gasteiger partial charge in [-0.1, -0.05) is 23.7 Å². The maximum Gasteiger partial charge on any atom is 0.243 e. The molecule has 2 aliphatic rings. The van der Waals surface area contributed by atoms with E-state index in [9.17, 15) is 8.42 Å². The minimum absolute atomic E-state index is 0.283. The Morgan fingerprint density at radius 1 is 1.18 bits per heavy atom. The number of hydrogen-bond acceptors (Lipinski definition) is 4. The number of benzene rings is 1. The number of rotatable bonds is 2. The Morgan fingerprint density at radius 2 is 1.91 bits per heavy atom. The van der Waals surface area contributed by atoms with Crippen molar-refractivity contribution >= 4 is 32.4 Å². The summed E-state index contributed by atoms with van der Waals surface area (Å²) in [5, 5.41) is 5.01. The second-order valence-corrected chi connectivity index (χ2v) is 8.29. The monoisotopic (exact) mass is 337 g/mol. The van der Waals surface area contributed by atoms with Crippen molar-refractivity contribution in [2.24, 2.45) is 11.8 Å². The highest BCUT2D eigenvalue weighted by atomic mass is 35.5. The Balaban J connectivity index is 1.81. The van der Waals surface area contributed by atoms with Gasteiger partial charge in [0, 0.05) is 36.3 Å². The maximum atomic E-state index is 13.1. The van der Waals surface area contributed by atoms with Crippen molar-refractivity contribution in [3.8, 4) is 0 Å². The largest absolute Gasteiger partial charge is 0.316 e. The summed E-state index contributed by atoms with van der Waals surface area (Å²) >= 11 is 6.22. The van der Waals surface area contributed by atoms with Gasteiger partial charge < -0.3 is 5.32 Å². The second-order valence-electron chi connectivity index (χ2n) is 5.98. The van der Waals surface area contributed by atoms with E-state index >= 15 is 0 Å². The van der Waals surface area contributed by atoms with Crippen molar-refractivity contribution in [3.63, 3.8) is 0 Å². The van der Waals surface area contributed by atoms with E-state index in [-0.39, 0.29) is 4.90 Å². The van der Waals surface area contributed by atoms with E-state index in [1.807, 2.05) is 6.07 Å². The molecule has 2 atom stereocenters. The van der Waals surface area contributed by atoms with Crippen molar-refractivity contribution in [2.75, 3.05) is 26.2 Å². The minimum atomic E-state index is -3.54. The van der Waals surface area contributed by atoms with Crippen LogP contribution in [0.2, 0.25) is 5.02 Å². The van der Waals surface area contributed by atoms with Gasteiger partial charge in [0.1, 0.15) is 0 Å². The quantitative estimate of drug-likeness (QED) is 0.906. The number of sulfonamides is 1. The molecule has 2 saturated heterocycles. The second kappa shape index (κ2) is 5.16. The third kappa shape index (κ3) is 2.13. The molecule has 0 aliphatic carbocycles. The molecule has 2 fully saturated rings. The third-order valence-electron chi connectivity index (χ3n) is 4.67. The van der Waals surface area contributed by atoms with Gasteiger partial charge in [0.25, 0.3) is 0 Å². The molecule has 4 rings (SSSR count). The smallest absolute Gasteiger partial charge is 0.243 e.